The van der Waals surface area contributed by atoms with Crippen LogP contribution in [0, 0.1) is 5.41 Å². The van der Waals surface area contributed by atoms with Crippen molar-refractivity contribution in [2.45, 2.75) is 58.9 Å². The average molecular weight is 261 g/mol. The molecule has 0 spiro atoms. The Morgan fingerprint density at radius 1 is 1.24 bits per heavy atom. The summed E-state index contributed by atoms with van der Waals surface area (Å²) >= 11 is 0. The lowest BCUT2D eigenvalue weighted by Crippen LogP contribution is -2.40. The van der Waals surface area contributed by atoms with Gasteiger partial charge in [-0.25, -0.2) is 8.42 Å². The van der Waals surface area contributed by atoms with Gasteiger partial charge in [0.2, 0.25) is 0 Å². The van der Waals surface area contributed by atoms with Crippen LogP contribution in [0.25, 0.3) is 0 Å². The predicted octanol–water partition coefficient (Wildman–Crippen LogP) is 2.37. The molecule has 0 aromatic carbocycles. The molecule has 4 heteroatoms. The summed E-state index contributed by atoms with van der Waals surface area (Å²) in [5, 5.41) is 3.43. The van der Waals surface area contributed by atoms with Gasteiger partial charge in [-0.05, 0) is 31.6 Å². The van der Waals surface area contributed by atoms with Crippen LogP contribution < -0.4 is 5.32 Å². The Kier molecular flexibility index (Phi) is 5.45. The Morgan fingerprint density at radius 2 is 1.82 bits per heavy atom. The molecule has 0 aromatic heterocycles. The lowest BCUT2D eigenvalue weighted by molar-refractivity contribution is 0.261. The fourth-order valence-corrected chi connectivity index (χ4v) is 3.84. The summed E-state index contributed by atoms with van der Waals surface area (Å²) in [4.78, 5) is 0. The normalized spacial score (nSPS) is 21.6. The van der Waals surface area contributed by atoms with Crippen molar-refractivity contribution in [3.05, 3.63) is 0 Å². The van der Waals surface area contributed by atoms with E-state index < -0.39 is 9.84 Å². The second-order valence-electron chi connectivity index (χ2n) is 5.54. The van der Waals surface area contributed by atoms with Crippen molar-refractivity contribution in [1.29, 1.82) is 0 Å². The Bertz CT molecular complexity index is 318. The third-order valence-corrected chi connectivity index (χ3v) is 6.07. The molecule has 1 aliphatic rings. The van der Waals surface area contributed by atoms with Crippen molar-refractivity contribution in [1.82, 2.24) is 5.32 Å². The average Bonchev–Trinajstić information content (AvgIpc) is 2.75. The molecular formula is C13H27NO2S. The highest BCUT2D eigenvalue weighted by Crippen LogP contribution is 2.40. The van der Waals surface area contributed by atoms with Crippen LogP contribution in [0.5, 0.6) is 0 Å². The summed E-state index contributed by atoms with van der Waals surface area (Å²) in [7, 11) is -2.85. The SMILES string of the molecule is CCC1(CNC(C)CS(=O)(=O)CC)CCCC1. The summed E-state index contributed by atoms with van der Waals surface area (Å²) in [6, 6.07) is 0.0731. The van der Waals surface area contributed by atoms with Crippen LogP contribution in [-0.2, 0) is 9.84 Å². The fourth-order valence-electron chi connectivity index (χ4n) is 2.73. The molecule has 0 radical (unpaired) electrons. The number of hydrogen-bond donors (Lipinski definition) is 1. The molecule has 0 amide bonds. The third kappa shape index (κ3) is 4.59. The molecule has 1 saturated carbocycles. The highest BCUT2D eigenvalue weighted by Gasteiger charge is 2.32. The molecule has 17 heavy (non-hydrogen) atoms. The molecule has 1 fully saturated rings. The van der Waals surface area contributed by atoms with Crippen molar-refractivity contribution in [2.75, 3.05) is 18.1 Å². The van der Waals surface area contributed by atoms with Crippen LogP contribution in [0.1, 0.15) is 52.9 Å². The van der Waals surface area contributed by atoms with Crippen LogP contribution >= 0.6 is 0 Å². The van der Waals surface area contributed by atoms with Gasteiger partial charge in [-0.1, -0.05) is 26.7 Å². The zero-order valence-electron chi connectivity index (χ0n) is 11.5. The molecule has 0 aromatic rings. The van der Waals surface area contributed by atoms with E-state index >= 15 is 0 Å². The van der Waals surface area contributed by atoms with Crippen molar-refractivity contribution >= 4 is 9.84 Å². The summed E-state index contributed by atoms with van der Waals surface area (Å²) < 4.78 is 23.0. The first-order chi connectivity index (χ1) is 7.93. The first kappa shape index (κ1) is 15.0. The van der Waals surface area contributed by atoms with Gasteiger partial charge in [0.05, 0.1) is 5.75 Å². The molecule has 1 unspecified atom stereocenters. The Labute approximate surface area is 106 Å². The van der Waals surface area contributed by atoms with E-state index in [2.05, 4.69) is 12.2 Å². The molecule has 1 aliphatic carbocycles. The van der Waals surface area contributed by atoms with E-state index in [1.165, 1.54) is 32.1 Å². The Hall–Kier alpha value is -0.0900. The third-order valence-electron chi connectivity index (χ3n) is 4.18. The summed E-state index contributed by atoms with van der Waals surface area (Å²) in [5.74, 6) is 0.515. The molecule has 0 bridgehead atoms. The molecule has 1 atom stereocenters. The van der Waals surface area contributed by atoms with Gasteiger partial charge in [-0.3, -0.25) is 0 Å². The minimum atomic E-state index is -2.85. The first-order valence-electron chi connectivity index (χ1n) is 6.87. The van der Waals surface area contributed by atoms with Crippen LogP contribution in [0.4, 0.5) is 0 Å². The quantitative estimate of drug-likeness (QED) is 0.765. The lowest BCUT2D eigenvalue weighted by atomic mass is 9.83. The monoisotopic (exact) mass is 261 g/mol. The number of sulfone groups is 1. The van der Waals surface area contributed by atoms with Gasteiger partial charge in [0.1, 0.15) is 0 Å². The van der Waals surface area contributed by atoms with Crippen molar-refractivity contribution in [3.63, 3.8) is 0 Å². The first-order valence-corrected chi connectivity index (χ1v) is 8.69. The van der Waals surface area contributed by atoms with Crippen molar-refractivity contribution in [2.24, 2.45) is 5.41 Å². The van der Waals surface area contributed by atoms with E-state index in [4.69, 9.17) is 0 Å². The molecule has 102 valence electrons. The number of rotatable bonds is 7. The smallest absolute Gasteiger partial charge is 0.151 e. The summed E-state index contributed by atoms with van der Waals surface area (Å²) in [5.41, 5.74) is 0.435. The standard InChI is InChI=1S/C13H27NO2S/c1-4-13(8-6-7-9-13)11-14-12(3)10-17(15,16)5-2/h12,14H,4-11H2,1-3H3. The molecule has 3 nitrogen and oxygen atoms in total. The van der Waals surface area contributed by atoms with E-state index in [-0.39, 0.29) is 17.5 Å². The summed E-state index contributed by atoms with van der Waals surface area (Å²) in [6.07, 6.45) is 6.45. The van der Waals surface area contributed by atoms with E-state index in [9.17, 15) is 8.42 Å². The number of nitrogens with one attached hydrogen (secondary N) is 1. The van der Waals surface area contributed by atoms with Crippen LogP contribution in [0.15, 0.2) is 0 Å². The van der Waals surface area contributed by atoms with E-state index in [1.54, 1.807) is 6.92 Å². The molecule has 0 aliphatic heterocycles. The largest absolute Gasteiger partial charge is 0.313 e. The second-order valence-corrected chi connectivity index (χ2v) is 7.94. The minimum absolute atomic E-state index is 0.0731. The van der Waals surface area contributed by atoms with Gasteiger partial charge >= 0.3 is 0 Å². The second kappa shape index (κ2) is 6.19. The zero-order chi connectivity index (χ0) is 12.9. The van der Waals surface area contributed by atoms with Crippen molar-refractivity contribution < 1.29 is 8.42 Å². The predicted molar refractivity (Wildman–Crippen MR) is 73.0 cm³/mol. The maximum Gasteiger partial charge on any atom is 0.151 e. The maximum atomic E-state index is 11.5. The Morgan fingerprint density at radius 3 is 2.29 bits per heavy atom. The minimum Gasteiger partial charge on any atom is -0.313 e. The molecule has 1 N–H and O–H groups in total. The van der Waals surface area contributed by atoms with Gasteiger partial charge in [0, 0.05) is 18.3 Å². The van der Waals surface area contributed by atoms with Crippen LogP contribution in [0.3, 0.4) is 0 Å². The highest BCUT2D eigenvalue weighted by atomic mass is 32.2. The zero-order valence-corrected chi connectivity index (χ0v) is 12.3. The Balaban J connectivity index is 2.39. The molecular weight excluding hydrogens is 234 g/mol. The van der Waals surface area contributed by atoms with Gasteiger partial charge in [-0.2, -0.15) is 0 Å². The topological polar surface area (TPSA) is 46.2 Å². The van der Waals surface area contributed by atoms with E-state index in [0.29, 0.717) is 5.41 Å². The number of hydrogen-bond acceptors (Lipinski definition) is 3. The van der Waals surface area contributed by atoms with E-state index in [1.807, 2.05) is 6.92 Å². The van der Waals surface area contributed by atoms with Gasteiger partial charge < -0.3 is 5.32 Å². The van der Waals surface area contributed by atoms with Crippen LogP contribution in [0.2, 0.25) is 0 Å². The maximum absolute atomic E-state index is 11.5. The van der Waals surface area contributed by atoms with E-state index in [0.717, 1.165) is 6.54 Å². The fraction of sp³-hybridized carbons (Fsp3) is 1.00. The van der Waals surface area contributed by atoms with Gasteiger partial charge in [-0.15, -0.1) is 0 Å². The van der Waals surface area contributed by atoms with Gasteiger partial charge in [0.25, 0.3) is 0 Å². The molecule has 0 heterocycles. The molecule has 1 rings (SSSR count). The molecule has 0 saturated heterocycles. The lowest BCUT2D eigenvalue weighted by Gasteiger charge is -2.29. The van der Waals surface area contributed by atoms with Crippen molar-refractivity contribution in [3.8, 4) is 0 Å². The van der Waals surface area contributed by atoms with Crippen LogP contribution in [-0.4, -0.2) is 32.5 Å². The van der Waals surface area contributed by atoms with Gasteiger partial charge in [0.15, 0.2) is 9.84 Å². The summed E-state index contributed by atoms with van der Waals surface area (Å²) in [6.45, 7) is 6.92. The highest BCUT2D eigenvalue weighted by molar-refractivity contribution is 7.91.